The van der Waals surface area contributed by atoms with Gasteiger partial charge in [-0.05, 0) is 43.0 Å². The van der Waals surface area contributed by atoms with Crippen molar-refractivity contribution in [2.45, 2.75) is 32.2 Å². The number of methoxy groups -OCH3 is 1. The predicted octanol–water partition coefficient (Wildman–Crippen LogP) is 3.73. The van der Waals surface area contributed by atoms with E-state index in [1.807, 2.05) is 58.3 Å². The molecule has 2 amide bonds. The summed E-state index contributed by atoms with van der Waals surface area (Å²) in [7, 11) is 1.61. The van der Waals surface area contributed by atoms with Crippen LogP contribution in [0.4, 0.5) is 5.69 Å². The van der Waals surface area contributed by atoms with Crippen LogP contribution in [0.1, 0.15) is 48.1 Å². The molecular weight excluding hydrogens is 390 g/mol. The lowest BCUT2D eigenvalue weighted by atomic mass is 10.00. The van der Waals surface area contributed by atoms with Crippen LogP contribution in [-0.2, 0) is 4.79 Å². The SMILES string of the molecule is COc1ccc(N2CCCCC2)cc1C(=O)N1CCN(C(C)=O)CC1c1ccccc1. The standard InChI is InChI=1S/C25H31N3O3/c1-19(29)27-15-16-28(23(18-27)20-9-5-3-6-10-20)25(30)22-17-21(11-12-24(22)31-2)26-13-7-4-8-14-26/h3,5-6,9-12,17,23H,4,7-8,13-16,18H2,1-2H3. The molecule has 6 nitrogen and oxygen atoms in total. The average molecular weight is 422 g/mol. The minimum Gasteiger partial charge on any atom is -0.496 e. The number of nitrogens with zero attached hydrogens (tertiary/aromatic N) is 3. The molecule has 6 heteroatoms. The van der Waals surface area contributed by atoms with Crippen molar-refractivity contribution in [3.8, 4) is 5.75 Å². The molecular formula is C25H31N3O3. The highest BCUT2D eigenvalue weighted by Crippen LogP contribution is 2.32. The Hall–Kier alpha value is -3.02. The maximum atomic E-state index is 13.8. The highest BCUT2D eigenvalue weighted by Gasteiger charge is 2.34. The number of amides is 2. The zero-order valence-corrected chi connectivity index (χ0v) is 18.4. The molecule has 0 radical (unpaired) electrons. The number of ether oxygens (including phenoxy) is 1. The number of piperazine rings is 1. The fourth-order valence-corrected chi connectivity index (χ4v) is 4.64. The van der Waals surface area contributed by atoms with Crippen LogP contribution < -0.4 is 9.64 Å². The number of rotatable bonds is 4. The van der Waals surface area contributed by atoms with Gasteiger partial charge in [0.2, 0.25) is 5.91 Å². The second kappa shape index (κ2) is 9.41. The summed E-state index contributed by atoms with van der Waals surface area (Å²) in [4.78, 5) is 31.9. The first-order valence-corrected chi connectivity index (χ1v) is 11.1. The Morgan fingerprint density at radius 2 is 1.68 bits per heavy atom. The van der Waals surface area contributed by atoms with Crippen molar-refractivity contribution >= 4 is 17.5 Å². The first-order valence-electron chi connectivity index (χ1n) is 11.1. The second-order valence-corrected chi connectivity index (χ2v) is 8.32. The molecule has 4 rings (SSSR count). The minimum absolute atomic E-state index is 0.0395. The summed E-state index contributed by atoms with van der Waals surface area (Å²) in [6.07, 6.45) is 3.62. The van der Waals surface area contributed by atoms with Gasteiger partial charge in [0.05, 0.1) is 18.7 Å². The largest absolute Gasteiger partial charge is 0.496 e. The van der Waals surface area contributed by atoms with Crippen molar-refractivity contribution in [3.63, 3.8) is 0 Å². The van der Waals surface area contributed by atoms with E-state index in [4.69, 9.17) is 4.74 Å². The summed E-state index contributed by atoms with van der Waals surface area (Å²) < 4.78 is 5.57. The zero-order chi connectivity index (χ0) is 21.8. The molecule has 2 aromatic rings. The molecule has 0 bridgehead atoms. The number of carbonyl (C=O) groups excluding carboxylic acids is 2. The Morgan fingerprint density at radius 3 is 2.35 bits per heavy atom. The third-order valence-electron chi connectivity index (χ3n) is 6.41. The van der Waals surface area contributed by atoms with Crippen molar-refractivity contribution < 1.29 is 14.3 Å². The number of anilines is 1. The monoisotopic (exact) mass is 421 g/mol. The van der Waals surface area contributed by atoms with E-state index in [9.17, 15) is 9.59 Å². The molecule has 2 fully saturated rings. The summed E-state index contributed by atoms with van der Waals surface area (Å²) >= 11 is 0. The lowest BCUT2D eigenvalue weighted by molar-refractivity contribution is -0.131. The van der Waals surface area contributed by atoms with E-state index in [1.165, 1.54) is 19.3 Å². The second-order valence-electron chi connectivity index (χ2n) is 8.32. The summed E-state index contributed by atoms with van der Waals surface area (Å²) in [6, 6.07) is 15.7. The summed E-state index contributed by atoms with van der Waals surface area (Å²) in [5.74, 6) is 0.581. The Morgan fingerprint density at radius 1 is 0.935 bits per heavy atom. The predicted molar refractivity (Wildman–Crippen MR) is 122 cm³/mol. The van der Waals surface area contributed by atoms with Gasteiger partial charge in [-0.15, -0.1) is 0 Å². The van der Waals surface area contributed by atoms with Crippen LogP contribution in [-0.4, -0.2) is 61.4 Å². The molecule has 2 saturated heterocycles. The fourth-order valence-electron chi connectivity index (χ4n) is 4.64. The molecule has 1 unspecified atom stereocenters. The Bertz CT molecular complexity index is 925. The number of hydrogen-bond donors (Lipinski definition) is 0. The molecule has 164 valence electrons. The van der Waals surface area contributed by atoms with Crippen LogP contribution in [0.25, 0.3) is 0 Å². The highest BCUT2D eigenvalue weighted by molar-refractivity contribution is 5.98. The van der Waals surface area contributed by atoms with Crippen molar-refractivity contribution in [1.82, 2.24) is 9.80 Å². The first-order chi connectivity index (χ1) is 15.1. The number of carbonyl (C=O) groups is 2. The van der Waals surface area contributed by atoms with E-state index in [1.54, 1.807) is 14.0 Å². The lowest BCUT2D eigenvalue weighted by Gasteiger charge is -2.41. The summed E-state index contributed by atoms with van der Waals surface area (Å²) in [6.45, 7) is 5.16. The molecule has 2 heterocycles. The summed E-state index contributed by atoms with van der Waals surface area (Å²) in [5.41, 5.74) is 2.69. The molecule has 0 saturated carbocycles. The fraction of sp³-hybridized carbons (Fsp3) is 0.440. The smallest absolute Gasteiger partial charge is 0.258 e. The van der Waals surface area contributed by atoms with Crippen LogP contribution in [0.5, 0.6) is 5.75 Å². The van der Waals surface area contributed by atoms with Gasteiger partial charge in [-0.1, -0.05) is 30.3 Å². The topological polar surface area (TPSA) is 53.1 Å². The third kappa shape index (κ3) is 4.53. The van der Waals surface area contributed by atoms with Gasteiger partial charge in [-0.2, -0.15) is 0 Å². The minimum atomic E-state index is -0.185. The molecule has 2 aliphatic rings. The van der Waals surface area contributed by atoms with Crippen LogP contribution in [0.2, 0.25) is 0 Å². The first kappa shape index (κ1) is 21.2. The summed E-state index contributed by atoms with van der Waals surface area (Å²) in [5, 5.41) is 0. The van der Waals surface area contributed by atoms with Crippen LogP contribution in [0.15, 0.2) is 48.5 Å². The molecule has 1 atom stereocenters. The van der Waals surface area contributed by atoms with Crippen molar-refractivity contribution in [2.24, 2.45) is 0 Å². The molecule has 0 spiro atoms. The van der Waals surface area contributed by atoms with E-state index in [0.29, 0.717) is 30.9 Å². The van der Waals surface area contributed by atoms with Gasteiger partial charge in [0, 0.05) is 45.3 Å². The average Bonchev–Trinajstić information content (AvgIpc) is 2.84. The molecule has 0 aromatic heterocycles. The van der Waals surface area contributed by atoms with Crippen LogP contribution in [0, 0.1) is 0 Å². The van der Waals surface area contributed by atoms with Crippen LogP contribution in [0.3, 0.4) is 0 Å². The van der Waals surface area contributed by atoms with Gasteiger partial charge in [-0.25, -0.2) is 0 Å². The van der Waals surface area contributed by atoms with Crippen molar-refractivity contribution in [3.05, 3.63) is 59.7 Å². The molecule has 2 aliphatic heterocycles. The number of benzene rings is 2. The van der Waals surface area contributed by atoms with E-state index >= 15 is 0 Å². The van der Waals surface area contributed by atoms with Gasteiger partial charge in [0.25, 0.3) is 5.91 Å². The maximum absolute atomic E-state index is 13.8. The highest BCUT2D eigenvalue weighted by atomic mass is 16.5. The normalized spacial score (nSPS) is 19.3. The van der Waals surface area contributed by atoms with E-state index < -0.39 is 0 Å². The third-order valence-corrected chi connectivity index (χ3v) is 6.41. The Balaban J connectivity index is 1.67. The number of piperidine rings is 1. The Kier molecular flexibility index (Phi) is 6.44. The van der Waals surface area contributed by atoms with Gasteiger partial charge >= 0.3 is 0 Å². The van der Waals surface area contributed by atoms with E-state index in [2.05, 4.69) is 4.90 Å². The zero-order valence-electron chi connectivity index (χ0n) is 18.4. The van der Waals surface area contributed by atoms with Gasteiger partial charge in [0.15, 0.2) is 0 Å². The van der Waals surface area contributed by atoms with Crippen molar-refractivity contribution in [1.29, 1.82) is 0 Å². The van der Waals surface area contributed by atoms with E-state index in [-0.39, 0.29) is 17.9 Å². The van der Waals surface area contributed by atoms with E-state index in [0.717, 1.165) is 24.3 Å². The van der Waals surface area contributed by atoms with Crippen LogP contribution >= 0.6 is 0 Å². The molecule has 0 aliphatic carbocycles. The molecule has 2 aromatic carbocycles. The molecule has 31 heavy (non-hydrogen) atoms. The quantitative estimate of drug-likeness (QED) is 0.755. The van der Waals surface area contributed by atoms with Gasteiger partial charge < -0.3 is 19.4 Å². The maximum Gasteiger partial charge on any atom is 0.258 e. The molecule has 0 N–H and O–H groups in total. The number of hydrogen-bond acceptors (Lipinski definition) is 4. The lowest BCUT2D eigenvalue weighted by Crippen LogP contribution is -2.52. The van der Waals surface area contributed by atoms with Gasteiger partial charge in [-0.3, -0.25) is 9.59 Å². The van der Waals surface area contributed by atoms with Crippen molar-refractivity contribution in [2.75, 3.05) is 44.7 Å². The van der Waals surface area contributed by atoms with Gasteiger partial charge in [0.1, 0.15) is 5.75 Å². The Labute approximate surface area is 184 Å².